The SMILES string of the molecule is Cc1cc(Cl)ccc1N(CCC(=O)NCCCN(C)C)S(C)(=O)=O. The standard InChI is InChI=1S/C16H26ClN3O3S/c1-13-12-14(17)6-7-15(13)20(24(4,22)23)11-8-16(21)18-9-5-10-19(2)3/h6-7,12H,5,8-11H2,1-4H3,(H,18,21). The van der Waals surface area contributed by atoms with E-state index in [0.717, 1.165) is 24.8 Å². The second-order valence-corrected chi connectivity index (χ2v) is 8.37. The molecule has 0 bridgehead atoms. The Labute approximate surface area is 149 Å². The van der Waals surface area contributed by atoms with Crippen LogP contribution in [-0.2, 0) is 14.8 Å². The number of hydrogen-bond acceptors (Lipinski definition) is 4. The number of carbonyl (C=O) groups is 1. The maximum atomic E-state index is 12.1. The molecule has 0 aliphatic rings. The number of sulfonamides is 1. The minimum absolute atomic E-state index is 0.0980. The second kappa shape index (κ2) is 9.25. The molecule has 24 heavy (non-hydrogen) atoms. The van der Waals surface area contributed by atoms with E-state index < -0.39 is 10.0 Å². The highest BCUT2D eigenvalue weighted by Gasteiger charge is 2.20. The molecule has 0 radical (unpaired) electrons. The summed E-state index contributed by atoms with van der Waals surface area (Å²) in [5, 5.41) is 3.36. The van der Waals surface area contributed by atoms with Crippen LogP contribution in [0.15, 0.2) is 18.2 Å². The highest BCUT2D eigenvalue weighted by molar-refractivity contribution is 7.92. The van der Waals surface area contributed by atoms with Gasteiger partial charge < -0.3 is 10.2 Å². The van der Waals surface area contributed by atoms with Crippen molar-refractivity contribution in [3.05, 3.63) is 28.8 Å². The number of benzene rings is 1. The van der Waals surface area contributed by atoms with Crippen molar-refractivity contribution < 1.29 is 13.2 Å². The Morgan fingerprint density at radius 3 is 2.46 bits per heavy atom. The van der Waals surface area contributed by atoms with Gasteiger partial charge in [0.05, 0.1) is 11.9 Å². The maximum Gasteiger partial charge on any atom is 0.232 e. The zero-order chi connectivity index (χ0) is 18.3. The van der Waals surface area contributed by atoms with Gasteiger partial charge in [-0.15, -0.1) is 0 Å². The molecule has 1 amide bonds. The Balaban J connectivity index is 2.67. The lowest BCUT2D eigenvalue weighted by atomic mass is 10.2. The zero-order valence-corrected chi connectivity index (χ0v) is 16.2. The third-order valence-electron chi connectivity index (χ3n) is 3.47. The average Bonchev–Trinajstić information content (AvgIpc) is 2.44. The number of hydrogen-bond donors (Lipinski definition) is 1. The molecule has 0 atom stereocenters. The van der Waals surface area contributed by atoms with Crippen molar-refractivity contribution in [2.45, 2.75) is 19.8 Å². The van der Waals surface area contributed by atoms with E-state index in [0.29, 0.717) is 17.3 Å². The molecule has 0 fully saturated rings. The minimum atomic E-state index is -3.48. The van der Waals surface area contributed by atoms with Crippen LogP contribution >= 0.6 is 11.6 Å². The van der Waals surface area contributed by atoms with Gasteiger partial charge in [-0.25, -0.2) is 8.42 Å². The summed E-state index contributed by atoms with van der Waals surface area (Å²) in [7, 11) is 0.463. The molecule has 0 spiro atoms. The quantitative estimate of drug-likeness (QED) is 0.669. The summed E-state index contributed by atoms with van der Waals surface area (Å²) in [6.07, 6.45) is 2.10. The molecule has 8 heteroatoms. The number of amides is 1. The number of aryl methyl sites for hydroxylation is 1. The van der Waals surface area contributed by atoms with E-state index >= 15 is 0 Å². The van der Waals surface area contributed by atoms with Crippen LogP contribution in [-0.4, -0.2) is 59.2 Å². The summed E-state index contributed by atoms with van der Waals surface area (Å²) in [4.78, 5) is 14.0. The Bertz CT molecular complexity index is 663. The van der Waals surface area contributed by atoms with Crippen molar-refractivity contribution >= 4 is 33.2 Å². The molecular weight excluding hydrogens is 350 g/mol. The summed E-state index contributed by atoms with van der Waals surface area (Å²) in [6.45, 7) is 3.36. The van der Waals surface area contributed by atoms with Gasteiger partial charge in [-0.2, -0.15) is 0 Å². The lowest BCUT2D eigenvalue weighted by Crippen LogP contribution is -2.35. The van der Waals surface area contributed by atoms with Crippen LogP contribution in [0.1, 0.15) is 18.4 Å². The Morgan fingerprint density at radius 2 is 1.92 bits per heavy atom. The number of nitrogens with one attached hydrogen (secondary N) is 1. The van der Waals surface area contributed by atoms with Gasteiger partial charge in [0.1, 0.15) is 0 Å². The van der Waals surface area contributed by atoms with Gasteiger partial charge in [-0.05, 0) is 57.7 Å². The van der Waals surface area contributed by atoms with Crippen molar-refractivity contribution in [3.8, 4) is 0 Å². The van der Waals surface area contributed by atoms with Crippen molar-refractivity contribution in [2.75, 3.05) is 44.3 Å². The first-order valence-corrected chi connectivity index (χ1v) is 9.99. The molecule has 6 nitrogen and oxygen atoms in total. The van der Waals surface area contributed by atoms with E-state index in [4.69, 9.17) is 11.6 Å². The fraction of sp³-hybridized carbons (Fsp3) is 0.562. The highest BCUT2D eigenvalue weighted by Crippen LogP contribution is 2.25. The van der Waals surface area contributed by atoms with Crippen LogP contribution in [0.3, 0.4) is 0 Å². The van der Waals surface area contributed by atoms with Gasteiger partial charge in [0.25, 0.3) is 0 Å². The fourth-order valence-corrected chi connectivity index (χ4v) is 3.49. The number of carbonyl (C=O) groups excluding carboxylic acids is 1. The van der Waals surface area contributed by atoms with E-state index in [9.17, 15) is 13.2 Å². The van der Waals surface area contributed by atoms with Crippen LogP contribution in [0, 0.1) is 6.92 Å². The van der Waals surface area contributed by atoms with Crippen molar-refractivity contribution in [3.63, 3.8) is 0 Å². The van der Waals surface area contributed by atoms with Crippen LogP contribution < -0.4 is 9.62 Å². The van der Waals surface area contributed by atoms with E-state index in [-0.39, 0.29) is 18.9 Å². The molecule has 1 aromatic carbocycles. The molecule has 1 N–H and O–H groups in total. The summed E-state index contributed by atoms with van der Waals surface area (Å²) >= 11 is 5.92. The zero-order valence-electron chi connectivity index (χ0n) is 14.7. The molecule has 1 rings (SSSR count). The first-order chi connectivity index (χ1) is 11.1. The number of nitrogens with zero attached hydrogens (tertiary/aromatic N) is 2. The van der Waals surface area contributed by atoms with Crippen LogP contribution in [0.25, 0.3) is 0 Å². The van der Waals surface area contributed by atoms with E-state index in [1.165, 1.54) is 4.31 Å². The fourth-order valence-electron chi connectivity index (χ4n) is 2.28. The van der Waals surface area contributed by atoms with E-state index in [1.807, 2.05) is 19.0 Å². The summed E-state index contributed by atoms with van der Waals surface area (Å²) in [6, 6.07) is 5.01. The van der Waals surface area contributed by atoms with Gasteiger partial charge >= 0.3 is 0 Å². The molecule has 0 aliphatic carbocycles. The minimum Gasteiger partial charge on any atom is -0.356 e. The van der Waals surface area contributed by atoms with Gasteiger partial charge in [-0.3, -0.25) is 9.10 Å². The number of rotatable bonds is 9. The van der Waals surface area contributed by atoms with E-state index in [2.05, 4.69) is 5.32 Å². The highest BCUT2D eigenvalue weighted by atomic mass is 35.5. The van der Waals surface area contributed by atoms with Crippen molar-refractivity contribution in [2.24, 2.45) is 0 Å². The number of anilines is 1. The topological polar surface area (TPSA) is 69.7 Å². The maximum absolute atomic E-state index is 12.1. The smallest absolute Gasteiger partial charge is 0.232 e. The molecule has 0 aromatic heterocycles. The molecular formula is C16H26ClN3O3S. The third-order valence-corrected chi connectivity index (χ3v) is 4.89. The second-order valence-electron chi connectivity index (χ2n) is 6.02. The normalized spacial score (nSPS) is 11.6. The first-order valence-electron chi connectivity index (χ1n) is 7.76. The Morgan fingerprint density at radius 1 is 1.25 bits per heavy atom. The third kappa shape index (κ3) is 7.07. The monoisotopic (exact) mass is 375 g/mol. The molecule has 1 aromatic rings. The summed E-state index contributed by atoms with van der Waals surface area (Å²) < 4.78 is 25.4. The summed E-state index contributed by atoms with van der Waals surface area (Å²) in [5.74, 6) is -0.158. The van der Waals surface area contributed by atoms with Crippen molar-refractivity contribution in [1.82, 2.24) is 10.2 Å². The van der Waals surface area contributed by atoms with Crippen LogP contribution in [0.2, 0.25) is 5.02 Å². The predicted octanol–water partition coefficient (Wildman–Crippen LogP) is 1.87. The molecule has 0 aliphatic heterocycles. The summed E-state index contributed by atoms with van der Waals surface area (Å²) in [5.41, 5.74) is 1.29. The molecule has 136 valence electrons. The molecule has 0 heterocycles. The van der Waals surface area contributed by atoms with Crippen molar-refractivity contribution in [1.29, 1.82) is 0 Å². The van der Waals surface area contributed by atoms with Crippen LogP contribution in [0.4, 0.5) is 5.69 Å². The lowest BCUT2D eigenvalue weighted by molar-refractivity contribution is -0.120. The first kappa shape index (κ1) is 20.7. The molecule has 0 saturated heterocycles. The Kier molecular flexibility index (Phi) is 7.99. The largest absolute Gasteiger partial charge is 0.356 e. The van der Waals surface area contributed by atoms with Gasteiger partial charge in [-0.1, -0.05) is 11.6 Å². The lowest BCUT2D eigenvalue weighted by Gasteiger charge is -2.24. The van der Waals surface area contributed by atoms with Gasteiger partial charge in [0.15, 0.2) is 0 Å². The number of halogens is 1. The van der Waals surface area contributed by atoms with Gasteiger partial charge in [0.2, 0.25) is 15.9 Å². The molecule has 0 unspecified atom stereocenters. The molecule has 0 saturated carbocycles. The van der Waals surface area contributed by atoms with Gasteiger partial charge in [0, 0.05) is 24.5 Å². The van der Waals surface area contributed by atoms with Crippen LogP contribution in [0.5, 0.6) is 0 Å². The predicted molar refractivity (Wildman–Crippen MR) is 99.2 cm³/mol. The van der Waals surface area contributed by atoms with E-state index in [1.54, 1.807) is 25.1 Å². The average molecular weight is 376 g/mol. The Hall–Kier alpha value is -1.31.